The van der Waals surface area contributed by atoms with Crippen molar-refractivity contribution >= 4 is 29.3 Å². The highest BCUT2D eigenvalue weighted by atomic mass is 35.5. The second-order valence-electron chi connectivity index (χ2n) is 8.36. The summed E-state index contributed by atoms with van der Waals surface area (Å²) in [5.41, 5.74) is 3.01. The Labute approximate surface area is 221 Å². The summed E-state index contributed by atoms with van der Waals surface area (Å²) in [5.74, 6) is 1.38. The van der Waals surface area contributed by atoms with Crippen LogP contribution in [0.2, 0.25) is 5.02 Å². The summed E-state index contributed by atoms with van der Waals surface area (Å²) in [7, 11) is 3.17. The summed E-state index contributed by atoms with van der Waals surface area (Å²) in [6.07, 6.45) is 0.642. The molecule has 1 heterocycles. The second kappa shape index (κ2) is 11.9. The van der Waals surface area contributed by atoms with Gasteiger partial charge < -0.3 is 29.2 Å². The van der Waals surface area contributed by atoms with E-state index in [0.717, 1.165) is 11.1 Å². The van der Waals surface area contributed by atoms with E-state index in [1.807, 2.05) is 12.1 Å². The Morgan fingerprint density at radius 3 is 2.43 bits per heavy atom. The van der Waals surface area contributed by atoms with Crippen molar-refractivity contribution in [3.8, 4) is 17.2 Å². The molecule has 0 spiro atoms. The first kappa shape index (κ1) is 26.2. The molecule has 0 aliphatic carbocycles. The zero-order chi connectivity index (χ0) is 26.4. The van der Waals surface area contributed by atoms with E-state index in [1.54, 1.807) is 74.6 Å². The third kappa shape index (κ3) is 6.09. The highest BCUT2D eigenvalue weighted by Gasteiger charge is 2.33. The predicted octanol–water partition coefficient (Wildman–Crippen LogP) is 5.74. The molecule has 2 amide bonds. The van der Waals surface area contributed by atoms with Crippen LogP contribution in [0.5, 0.6) is 17.2 Å². The van der Waals surface area contributed by atoms with Crippen molar-refractivity contribution in [1.29, 1.82) is 0 Å². The lowest BCUT2D eigenvalue weighted by molar-refractivity contribution is 0.0526. The number of halogens is 1. The highest BCUT2D eigenvalue weighted by Crippen LogP contribution is 2.38. The van der Waals surface area contributed by atoms with Gasteiger partial charge in [-0.15, -0.1) is 0 Å². The van der Waals surface area contributed by atoms with Crippen molar-refractivity contribution in [2.24, 2.45) is 0 Å². The number of hydrogen-bond donors (Lipinski definition) is 1. The zero-order valence-corrected chi connectivity index (χ0v) is 21.7. The summed E-state index contributed by atoms with van der Waals surface area (Å²) in [5, 5.41) is 3.47. The van der Waals surface area contributed by atoms with Gasteiger partial charge in [-0.25, -0.2) is 9.59 Å². The molecule has 1 aliphatic rings. The van der Waals surface area contributed by atoms with Crippen LogP contribution in [0, 0.1) is 0 Å². The Hall–Kier alpha value is -3.91. The average Bonchev–Trinajstić information content (AvgIpc) is 2.91. The van der Waals surface area contributed by atoms with E-state index >= 15 is 0 Å². The van der Waals surface area contributed by atoms with Gasteiger partial charge in [0.25, 0.3) is 0 Å². The monoisotopic (exact) mass is 524 g/mol. The third-order valence-electron chi connectivity index (χ3n) is 6.11. The molecule has 4 rings (SSSR count). The van der Waals surface area contributed by atoms with Crippen LogP contribution in [0.15, 0.2) is 60.7 Å². The molecule has 1 atom stereocenters. The second-order valence-corrected chi connectivity index (χ2v) is 8.80. The number of fused-ring (bicyclic) bond motifs is 1. The largest absolute Gasteiger partial charge is 0.493 e. The lowest BCUT2D eigenvalue weighted by atomic mass is 9.92. The van der Waals surface area contributed by atoms with Gasteiger partial charge >= 0.3 is 12.0 Å². The number of esters is 1. The van der Waals surface area contributed by atoms with Gasteiger partial charge in [-0.1, -0.05) is 17.7 Å². The Morgan fingerprint density at radius 2 is 1.76 bits per heavy atom. The standard InChI is InChI=1S/C28H29ClN2O6/c1-4-36-27(32)18-8-10-22(11-9-18)37-17-24-23-16-26(35-3)25(34-2)14-19(23)12-13-31(24)28(33)30-21-7-5-6-20(29)15-21/h5-11,14-16,24H,4,12-13,17H2,1-3H3,(H,30,33)/t24-/m0/s1. The molecule has 9 heteroatoms. The summed E-state index contributed by atoms with van der Waals surface area (Å²) < 4.78 is 22.2. The van der Waals surface area contributed by atoms with E-state index in [9.17, 15) is 9.59 Å². The topological polar surface area (TPSA) is 86.3 Å². The molecule has 0 radical (unpaired) electrons. The van der Waals surface area contributed by atoms with E-state index in [-0.39, 0.29) is 18.6 Å². The lowest BCUT2D eigenvalue weighted by Gasteiger charge is -2.37. The minimum atomic E-state index is -0.410. The van der Waals surface area contributed by atoms with Crippen molar-refractivity contribution in [1.82, 2.24) is 4.90 Å². The molecule has 1 N–H and O–H groups in total. The molecule has 0 aromatic heterocycles. The van der Waals surface area contributed by atoms with Crippen LogP contribution in [0.1, 0.15) is 34.5 Å². The number of benzene rings is 3. The molecule has 0 saturated heterocycles. The number of nitrogens with one attached hydrogen (secondary N) is 1. The van der Waals surface area contributed by atoms with Crippen LogP contribution in [0.3, 0.4) is 0 Å². The molecule has 8 nitrogen and oxygen atoms in total. The normalized spacial score (nSPS) is 14.4. The van der Waals surface area contributed by atoms with Crippen LogP contribution < -0.4 is 19.5 Å². The summed E-state index contributed by atoms with van der Waals surface area (Å²) in [6.45, 7) is 2.73. The fourth-order valence-corrected chi connectivity index (χ4v) is 4.48. The first-order valence-electron chi connectivity index (χ1n) is 11.9. The number of carbonyl (C=O) groups is 2. The Balaban J connectivity index is 1.60. The number of hydrogen-bond acceptors (Lipinski definition) is 6. The molecular formula is C28H29ClN2O6. The van der Waals surface area contributed by atoms with Crippen molar-refractivity contribution in [2.45, 2.75) is 19.4 Å². The third-order valence-corrected chi connectivity index (χ3v) is 6.35. The minimum absolute atomic E-state index is 0.185. The number of urea groups is 1. The quantitative estimate of drug-likeness (QED) is 0.378. The maximum absolute atomic E-state index is 13.4. The highest BCUT2D eigenvalue weighted by molar-refractivity contribution is 6.30. The molecular weight excluding hydrogens is 496 g/mol. The zero-order valence-electron chi connectivity index (χ0n) is 21.0. The van der Waals surface area contributed by atoms with Gasteiger partial charge in [-0.3, -0.25) is 0 Å². The van der Waals surface area contributed by atoms with Gasteiger partial charge in [0.2, 0.25) is 0 Å². The molecule has 194 valence electrons. The van der Waals surface area contributed by atoms with Crippen LogP contribution in [0.4, 0.5) is 10.5 Å². The summed E-state index contributed by atoms with van der Waals surface area (Å²) in [6, 6.07) is 16.9. The van der Waals surface area contributed by atoms with Gasteiger partial charge in [0.15, 0.2) is 11.5 Å². The smallest absolute Gasteiger partial charge is 0.338 e. The van der Waals surface area contributed by atoms with E-state index < -0.39 is 6.04 Å². The molecule has 1 aliphatic heterocycles. The molecule has 0 bridgehead atoms. The van der Waals surface area contributed by atoms with Gasteiger partial charge in [0.1, 0.15) is 12.4 Å². The fraction of sp³-hybridized carbons (Fsp3) is 0.286. The van der Waals surface area contributed by atoms with Crippen molar-refractivity contribution in [3.05, 3.63) is 82.4 Å². The molecule has 0 saturated carbocycles. The number of amides is 2. The van der Waals surface area contributed by atoms with Crippen molar-refractivity contribution in [2.75, 3.05) is 39.3 Å². The van der Waals surface area contributed by atoms with Crippen molar-refractivity contribution < 1.29 is 28.5 Å². The number of carbonyl (C=O) groups excluding carboxylic acids is 2. The molecule has 0 fully saturated rings. The van der Waals surface area contributed by atoms with Crippen LogP contribution in [-0.2, 0) is 11.2 Å². The van der Waals surface area contributed by atoms with Crippen LogP contribution >= 0.6 is 11.6 Å². The SMILES string of the molecule is CCOC(=O)c1ccc(OC[C@H]2c3cc(OC)c(OC)cc3CCN2C(=O)Nc2cccc(Cl)c2)cc1. The lowest BCUT2D eigenvalue weighted by Crippen LogP contribution is -2.44. The number of anilines is 1. The molecule has 0 unspecified atom stereocenters. The molecule has 3 aromatic rings. The van der Waals surface area contributed by atoms with E-state index in [0.29, 0.717) is 53.1 Å². The maximum atomic E-state index is 13.4. The first-order chi connectivity index (χ1) is 17.9. The van der Waals surface area contributed by atoms with Crippen LogP contribution in [-0.4, -0.2) is 50.9 Å². The van der Waals surface area contributed by atoms with Gasteiger partial charge in [0.05, 0.1) is 32.4 Å². The number of ether oxygens (including phenoxy) is 4. The minimum Gasteiger partial charge on any atom is -0.493 e. The predicted molar refractivity (Wildman–Crippen MR) is 141 cm³/mol. The maximum Gasteiger partial charge on any atom is 0.338 e. The van der Waals surface area contributed by atoms with Gasteiger partial charge in [-0.05, 0) is 79.1 Å². The fourth-order valence-electron chi connectivity index (χ4n) is 4.29. The Kier molecular flexibility index (Phi) is 8.40. The number of nitrogens with zero attached hydrogens (tertiary/aromatic N) is 1. The molecule has 3 aromatic carbocycles. The molecule has 37 heavy (non-hydrogen) atoms. The van der Waals surface area contributed by atoms with Crippen molar-refractivity contribution in [3.63, 3.8) is 0 Å². The average molecular weight is 525 g/mol. The van der Waals surface area contributed by atoms with Gasteiger partial charge in [0, 0.05) is 17.3 Å². The summed E-state index contributed by atoms with van der Waals surface area (Å²) >= 11 is 6.10. The Bertz CT molecular complexity index is 1260. The number of rotatable bonds is 8. The van der Waals surface area contributed by atoms with E-state index in [4.69, 9.17) is 30.5 Å². The van der Waals surface area contributed by atoms with Crippen LogP contribution in [0.25, 0.3) is 0 Å². The first-order valence-corrected chi connectivity index (χ1v) is 12.3. The summed E-state index contributed by atoms with van der Waals surface area (Å²) in [4.78, 5) is 27.1. The number of methoxy groups -OCH3 is 2. The van der Waals surface area contributed by atoms with Gasteiger partial charge in [-0.2, -0.15) is 0 Å². The Morgan fingerprint density at radius 1 is 1.03 bits per heavy atom. The van der Waals surface area contributed by atoms with E-state index in [2.05, 4.69) is 5.32 Å². The van der Waals surface area contributed by atoms with E-state index in [1.165, 1.54) is 0 Å².